The van der Waals surface area contributed by atoms with Crippen LogP contribution in [0.1, 0.15) is 32.1 Å². The predicted molar refractivity (Wildman–Crippen MR) is 65.3 cm³/mol. The van der Waals surface area contributed by atoms with Crippen molar-refractivity contribution < 1.29 is 14.6 Å². The summed E-state index contributed by atoms with van der Waals surface area (Å²) in [5, 5.41) is 7.00. The highest BCUT2D eigenvalue weighted by Gasteiger charge is 2.54. The van der Waals surface area contributed by atoms with E-state index >= 15 is 0 Å². The summed E-state index contributed by atoms with van der Waals surface area (Å²) >= 11 is 0. The van der Waals surface area contributed by atoms with E-state index in [1.165, 1.54) is 31.8 Å². The van der Waals surface area contributed by atoms with Crippen molar-refractivity contribution in [2.45, 2.75) is 38.2 Å². The molecule has 0 aromatic heterocycles. The maximum Gasteiger partial charge on any atom is 0.330 e. The number of hydrogen-bond acceptors (Lipinski definition) is 3. The Morgan fingerprint density at radius 3 is 2.65 bits per heavy atom. The molecule has 5 unspecified atom stereocenters. The Morgan fingerprint density at radius 2 is 1.94 bits per heavy atom. The highest BCUT2D eigenvalue weighted by molar-refractivity contribution is 5.81. The molecule has 0 saturated heterocycles. The minimum atomic E-state index is -0.233. The fraction of sp³-hybridized carbons (Fsp3) is 0.786. The van der Waals surface area contributed by atoms with E-state index in [0.29, 0.717) is 5.92 Å². The van der Waals surface area contributed by atoms with E-state index in [2.05, 4.69) is 6.58 Å². The molecule has 1 N–H and O–H groups in total. The van der Waals surface area contributed by atoms with Gasteiger partial charge in [0, 0.05) is 19.1 Å². The Morgan fingerprint density at radius 1 is 1.24 bits per heavy atom. The van der Waals surface area contributed by atoms with Crippen LogP contribution in [-0.4, -0.2) is 24.3 Å². The zero-order chi connectivity index (χ0) is 12.4. The lowest BCUT2D eigenvalue weighted by Crippen LogP contribution is -2.29. The lowest BCUT2D eigenvalue weighted by Gasteiger charge is -2.28. The molecule has 17 heavy (non-hydrogen) atoms. The minimum absolute atomic E-state index is 0.204. The molecule has 5 atom stereocenters. The molecule has 0 radical (unpaired) electrons. The van der Waals surface area contributed by atoms with Crippen LogP contribution in [-0.2, 0) is 9.53 Å². The van der Waals surface area contributed by atoms with Crippen molar-refractivity contribution >= 4 is 5.97 Å². The van der Waals surface area contributed by atoms with Crippen molar-refractivity contribution in [3.63, 3.8) is 0 Å². The summed E-state index contributed by atoms with van der Waals surface area (Å²) in [5.74, 6) is 3.12. The Hall–Kier alpha value is -0.830. The van der Waals surface area contributed by atoms with E-state index in [4.69, 9.17) is 9.84 Å². The van der Waals surface area contributed by atoms with Crippen LogP contribution in [0.15, 0.2) is 12.7 Å². The molecule has 3 fully saturated rings. The number of rotatable bonds is 2. The summed E-state index contributed by atoms with van der Waals surface area (Å²) < 4.78 is 5.47. The van der Waals surface area contributed by atoms with Gasteiger partial charge in [-0.15, -0.1) is 0 Å². The first-order valence-electron chi connectivity index (χ1n) is 6.57. The van der Waals surface area contributed by atoms with E-state index in [-0.39, 0.29) is 12.1 Å². The van der Waals surface area contributed by atoms with Gasteiger partial charge in [-0.05, 0) is 49.9 Å². The molecular formula is C14H22O3. The average molecular weight is 238 g/mol. The van der Waals surface area contributed by atoms with E-state index in [9.17, 15) is 4.79 Å². The molecule has 0 amide bonds. The molecule has 0 aliphatic heterocycles. The molecule has 3 aliphatic rings. The first kappa shape index (κ1) is 12.6. The molecular weight excluding hydrogens is 216 g/mol. The summed E-state index contributed by atoms with van der Waals surface area (Å²) in [5.41, 5.74) is 0. The van der Waals surface area contributed by atoms with Crippen LogP contribution in [0.2, 0.25) is 0 Å². The molecule has 3 rings (SSSR count). The van der Waals surface area contributed by atoms with Gasteiger partial charge in [-0.2, -0.15) is 0 Å². The maximum absolute atomic E-state index is 11.2. The van der Waals surface area contributed by atoms with E-state index in [1.807, 2.05) is 0 Å². The highest BCUT2D eigenvalue weighted by Crippen LogP contribution is 2.59. The third-order valence-electron chi connectivity index (χ3n) is 4.81. The summed E-state index contributed by atoms with van der Waals surface area (Å²) in [4.78, 5) is 11.2. The molecule has 0 aromatic rings. The number of aliphatic hydroxyl groups excluding tert-OH is 1. The molecule has 3 heteroatoms. The SMILES string of the molecule is C=CC(=O)OC1CCC2C3CCC(C3)C12.CO. The molecule has 3 aliphatic carbocycles. The lowest BCUT2D eigenvalue weighted by atomic mass is 9.81. The predicted octanol–water partition coefficient (Wildman–Crippen LogP) is 2.15. The van der Waals surface area contributed by atoms with Crippen molar-refractivity contribution in [1.82, 2.24) is 0 Å². The van der Waals surface area contributed by atoms with Crippen molar-refractivity contribution in [3.8, 4) is 0 Å². The summed E-state index contributed by atoms with van der Waals surface area (Å²) in [6, 6.07) is 0. The van der Waals surface area contributed by atoms with Crippen molar-refractivity contribution in [3.05, 3.63) is 12.7 Å². The van der Waals surface area contributed by atoms with Crippen molar-refractivity contribution in [2.24, 2.45) is 23.7 Å². The Kier molecular flexibility index (Phi) is 3.87. The quantitative estimate of drug-likeness (QED) is 0.592. The molecule has 3 saturated carbocycles. The second kappa shape index (κ2) is 5.21. The summed E-state index contributed by atoms with van der Waals surface area (Å²) in [7, 11) is 1.00. The Labute approximate surface area is 103 Å². The molecule has 0 spiro atoms. The van der Waals surface area contributed by atoms with Crippen molar-refractivity contribution in [2.75, 3.05) is 7.11 Å². The maximum atomic E-state index is 11.2. The van der Waals surface area contributed by atoms with Gasteiger partial charge in [0.2, 0.25) is 0 Å². The molecule has 0 aromatic carbocycles. The van der Waals surface area contributed by atoms with Gasteiger partial charge < -0.3 is 9.84 Å². The zero-order valence-electron chi connectivity index (χ0n) is 10.5. The summed E-state index contributed by atoms with van der Waals surface area (Å²) in [6.07, 6.45) is 8.05. The van der Waals surface area contributed by atoms with Crippen LogP contribution in [0.5, 0.6) is 0 Å². The van der Waals surface area contributed by atoms with Crippen LogP contribution in [0.3, 0.4) is 0 Å². The van der Waals surface area contributed by atoms with Crippen LogP contribution in [0.4, 0.5) is 0 Å². The molecule has 0 heterocycles. The topological polar surface area (TPSA) is 46.5 Å². The third kappa shape index (κ3) is 2.13. The largest absolute Gasteiger partial charge is 0.459 e. The number of hydrogen-bond donors (Lipinski definition) is 1. The number of carbonyl (C=O) groups excluding carboxylic acids is 1. The minimum Gasteiger partial charge on any atom is -0.459 e. The van der Waals surface area contributed by atoms with Crippen LogP contribution in [0.25, 0.3) is 0 Å². The van der Waals surface area contributed by atoms with Gasteiger partial charge in [-0.3, -0.25) is 0 Å². The monoisotopic (exact) mass is 238 g/mol. The number of fused-ring (bicyclic) bond motifs is 5. The second-order valence-electron chi connectivity index (χ2n) is 5.33. The van der Waals surface area contributed by atoms with Gasteiger partial charge in [0.1, 0.15) is 6.10 Å². The van der Waals surface area contributed by atoms with E-state index in [1.54, 1.807) is 0 Å². The Balaban J connectivity index is 0.000000514. The first-order chi connectivity index (χ1) is 8.29. The highest BCUT2D eigenvalue weighted by atomic mass is 16.5. The number of aliphatic hydroxyl groups is 1. The number of esters is 1. The van der Waals surface area contributed by atoms with Crippen molar-refractivity contribution in [1.29, 1.82) is 0 Å². The standard InChI is InChI=1S/C13H18O2.CH4O/c1-2-12(14)15-11-6-5-10-8-3-4-9(7-8)13(10)11;1-2/h2,8-11,13H,1,3-7H2;2H,1H3. The molecule has 2 bridgehead atoms. The molecule has 96 valence electrons. The van der Waals surface area contributed by atoms with Gasteiger partial charge >= 0.3 is 5.97 Å². The van der Waals surface area contributed by atoms with Gasteiger partial charge in [0.25, 0.3) is 0 Å². The smallest absolute Gasteiger partial charge is 0.330 e. The number of ether oxygens (including phenoxy) is 1. The van der Waals surface area contributed by atoms with Crippen LogP contribution < -0.4 is 0 Å². The van der Waals surface area contributed by atoms with Gasteiger partial charge in [0.15, 0.2) is 0 Å². The van der Waals surface area contributed by atoms with Gasteiger partial charge in [-0.1, -0.05) is 6.58 Å². The fourth-order valence-electron chi connectivity index (χ4n) is 4.35. The third-order valence-corrected chi connectivity index (χ3v) is 4.81. The van der Waals surface area contributed by atoms with E-state index < -0.39 is 0 Å². The van der Waals surface area contributed by atoms with Crippen LogP contribution >= 0.6 is 0 Å². The zero-order valence-corrected chi connectivity index (χ0v) is 10.5. The second-order valence-corrected chi connectivity index (χ2v) is 5.33. The van der Waals surface area contributed by atoms with Gasteiger partial charge in [0.05, 0.1) is 0 Å². The number of carbonyl (C=O) groups is 1. The Bertz CT molecular complexity index is 300. The normalized spacial score (nSPS) is 41.4. The van der Waals surface area contributed by atoms with E-state index in [0.717, 1.165) is 31.3 Å². The lowest BCUT2D eigenvalue weighted by molar-refractivity contribution is -0.145. The first-order valence-corrected chi connectivity index (χ1v) is 6.57. The van der Waals surface area contributed by atoms with Gasteiger partial charge in [-0.25, -0.2) is 4.79 Å². The van der Waals surface area contributed by atoms with Crippen LogP contribution in [0, 0.1) is 23.7 Å². The fourth-order valence-corrected chi connectivity index (χ4v) is 4.35. The average Bonchev–Trinajstić information content (AvgIpc) is 3.04. The molecule has 3 nitrogen and oxygen atoms in total. The summed E-state index contributed by atoms with van der Waals surface area (Å²) in [6.45, 7) is 3.46.